The molecule has 1 aliphatic heterocycles. The summed E-state index contributed by atoms with van der Waals surface area (Å²) in [4.78, 5) is 42.2. The molecule has 0 radical (unpaired) electrons. The van der Waals surface area contributed by atoms with Crippen LogP contribution in [-0.2, 0) is 16.1 Å². The molecule has 0 spiro atoms. The molecule has 1 aliphatic rings. The number of carbonyl (C=O) groups is 3. The number of aliphatic hydroxyl groups excluding tert-OH is 2. The first kappa shape index (κ1) is 54.6. The number of hydrogen-bond acceptors (Lipinski definition) is 5. The van der Waals surface area contributed by atoms with Crippen molar-refractivity contribution in [2.75, 3.05) is 18.4 Å². The lowest BCUT2D eigenvalue weighted by molar-refractivity contribution is -0.132. The largest absolute Gasteiger partial charge is 0.393 e. The molecular formula is C60H75FN4O5. The van der Waals surface area contributed by atoms with Gasteiger partial charge in [-0.05, 0) is 124 Å². The van der Waals surface area contributed by atoms with Gasteiger partial charge in [-0.25, -0.2) is 4.39 Å². The molecule has 372 valence electrons. The first-order valence-corrected chi connectivity index (χ1v) is 25.3. The summed E-state index contributed by atoms with van der Waals surface area (Å²) in [5.41, 5.74) is 4.85. The molecule has 5 rings (SSSR count). The van der Waals surface area contributed by atoms with Gasteiger partial charge < -0.3 is 30.3 Å². The second-order valence-electron chi connectivity index (χ2n) is 18.2. The van der Waals surface area contributed by atoms with Gasteiger partial charge in [-0.15, -0.1) is 0 Å². The fourth-order valence-electron chi connectivity index (χ4n) is 8.78. The van der Waals surface area contributed by atoms with Crippen LogP contribution < -0.4 is 10.6 Å². The van der Waals surface area contributed by atoms with Gasteiger partial charge in [0.1, 0.15) is 5.82 Å². The molecule has 0 saturated carbocycles. The van der Waals surface area contributed by atoms with Crippen molar-refractivity contribution < 1.29 is 29.0 Å². The van der Waals surface area contributed by atoms with Crippen LogP contribution in [0.5, 0.6) is 0 Å². The van der Waals surface area contributed by atoms with Gasteiger partial charge in [0, 0.05) is 49.0 Å². The highest BCUT2D eigenvalue weighted by Gasteiger charge is 2.31. The van der Waals surface area contributed by atoms with Crippen LogP contribution in [0.4, 0.5) is 10.1 Å². The van der Waals surface area contributed by atoms with Crippen LogP contribution in [0, 0.1) is 5.82 Å². The zero-order valence-electron chi connectivity index (χ0n) is 41.5. The first-order valence-electron chi connectivity index (χ1n) is 25.3. The van der Waals surface area contributed by atoms with Gasteiger partial charge in [0.2, 0.25) is 11.8 Å². The van der Waals surface area contributed by atoms with Crippen molar-refractivity contribution in [3.8, 4) is 22.4 Å². The molecule has 0 unspecified atom stereocenters. The number of para-hydroxylation sites is 1. The number of rotatable bonds is 27. The van der Waals surface area contributed by atoms with E-state index in [-0.39, 0.29) is 61.3 Å². The standard InChI is InChI=1S/C60H75FN4O5/c1-4-5-6-7-8-9-10-11-12-13-14-15-16-17-18-19-20-21-28-33-55(69)64-41-38-51(39-42-64)62-54(68)45-53(67)44-52(66)40-43-65-58(46(2)3)57(60(70)63-50-31-26-23-27-32-50)56(47-29-24-22-25-30-47)59(65)48-34-36-49(61)37-35-48/h5-6,8-9,11-12,14-15,17-18,20-27,29-32,34-37,46,51-53,66-67H,4,7,10,13,16,19,28,33,38-45H2,1-3H3,(H,62,68)(H,63,70)/b6-5-,9-8-,12-11-,15-14-,18-17-,21-20-/t52-,53-/m1/s1. The molecule has 1 saturated heterocycles. The van der Waals surface area contributed by atoms with Crippen LogP contribution in [0.1, 0.15) is 126 Å². The van der Waals surface area contributed by atoms with Gasteiger partial charge >= 0.3 is 0 Å². The number of benzene rings is 3. The molecule has 0 bridgehead atoms. The monoisotopic (exact) mass is 951 g/mol. The third-order valence-corrected chi connectivity index (χ3v) is 12.3. The number of amides is 3. The van der Waals surface area contributed by atoms with E-state index in [1.807, 2.05) is 84.0 Å². The van der Waals surface area contributed by atoms with Crippen molar-refractivity contribution in [2.24, 2.45) is 0 Å². The van der Waals surface area contributed by atoms with Gasteiger partial charge in [0.05, 0.1) is 29.9 Å². The van der Waals surface area contributed by atoms with E-state index in [1.54, 1.807) is 12.1 Å². The van der Waals surface area contributed by atoms with E-state index >= 15 is 0 Å². The minimum absolute atomic E-state index is 0.0197. The Morgan fingerprint density at radius 1 is 0.700 bits per heavy atom. The second-order valence-corrected chi connectivity index (χ2v) is 18.2. The fourth-order valence-corrected chi connectivity index (χ4v) is 8.78. The van der Waals surface area contributed by atoms with E-state index in [1.165, 1.54) is 12.1 Å². The number of anilines is 1. The molecule has 1 aromatic heterocycles. The van der Waals surface area contributed by atoms with Crippen molar-refractivity contribution in [3.63, 3.8) is 0 Å². The highest BCUT2D eigenvalue weighted by Crippen LogP contribution is 2.43. The quantitative estimate of drug-likeness (QED) is 0.0443. The summed E-state index contributed by atoms with van der Waals surface area (Å²) >= 11 is 0. The van der Waals surface area contributed by atoms with Gasteiger partial charge in [-0.3, -0.25) is 14.4 Å². The van der Waals surface area contributed by atoms with Crippen LogP contribution >= 0.6 is 0 Å². The van der Waals surface area contributed by atoms with Crippen LogP contribution in [0.25, 0.3) is 22.4 Å². The molecule has 10 heteroatoms. The third-order valence-electron chi connectivity index (χ3n) is 12.3. The molecule has 4 N–H and O–H groups in total. The molecule has 4 aromatic rings. The predicted molar refractivity (Wildman–Crippen MR) is 285 cm³/mol. The minimum Gasteiger partial charge on any atom is -0.393 e. The average Bonchev–Trinajstić information content (AvgIpc) is 3.70. The number of nitrogens with zero attached hydrogens (tertiary/aromatic N) is 2. The number of nitrogens with one attached hydrogen (secondary N) is 2. The number of halogens is 1. The number of aliphatic hydroxyl groups is 2. The summed E-state index contributed by atoms with van der Waals surface area (Å²) in [7, 11) is 0. The molecule has 3 amide bonds. The van der Waals surface area contributed by atoms with Crippen LogP contribution in [-0.4, -0.2) is 68.7 Å². The van der Waals surface area contributed by atoms with E-state index in [0.29, 0.717) is 61.2 Å². The van der Waals surface area contributed by atoms with E-state index in [9.17, 15) is 29.0 Å². The molecular weight excluding hydrogens is 876 g/mol. The molecule has 2 heterocycles. The summed E-state index contributed by atoms with van der Waals surface area (Å²) in [6, 6.07) is 25.0. The Balaban J connectivity index is 1.06. The first-order chi connectivity index (χ1) is 34.0. The molecule has 2 atom stereocenters. The zero-order valence-corrected chi connectivity index (χ0v) is 41.5. The normalized spacial score (nSPS) is 14.6. The Bertz CT molecular complexity index is 2390. The maximum atomic E-state index is 14.4. The van der Waals surface area contributed by atoms with Crippen molar-refractivity contribution in [2.45, 2.75) is 135 Å². The Morgan fingerprint density at radius 3 is 1.80 bits per heavy atom. The summed E-state index contributed by atoms with van der Waals surface area (Å²) in [6.07, 6.45) is 32.1. The van der Waals surface area contributed by atoms with Crippen molar-refractivity contribution in [3.05, 3.63) is 175 Å². The highest BCUT2D eigenvalue weighted by molar-refractivity contribution is 6.12. The van der Waals surface area contributed by atoms with E-state index in [4.69, 9.17) is 0 Å². The number of piperidine rings is 1. The Kier molecular flexibility index (Phi) is 23.6. The summed E-state index contributed by atoms with van der Waals surface area (Å²) in [5, 5.41) is 28.5. The fraction of sp³-hybridized carbons (Fsp3) is 0.383. The molecule has 1 fully saturated rings. The number of carbonyl (C=O) groups excluding carboxylic acids is 3. The molecule has 3 aromatic carbocycles. The van der Waals surface area contributed by atoms with Crippen molar-refractivity contribution in [1.29, 1.82) is 0 Å². The topological polar surface area (TPSA) is 124 Å². The van der Waals surface area contributed by atoms with Gasteiger partial charge in [0.25, 0.3) is 5.91 Å². The minimum atomic E-state index is -1.08. The van der Waals surface area contributed by atoms with Crippen molar-refractivity contribution >= 4 is 23.4 Å². The number of allylic oxidation sites excluding steroid dienone is 12. The molecule has 70 heavy (non-hydrogen) atoms. The van der Waals surface area contributed by atoms with Crippen LogP contribution in [0.2, 0.25) is 0 Å². The van der Waals surface area contributed by atoms with Crippen LogP contribution in [0.15, 0.2) is 158 Å². The maximum Gasteiger partial charge on any atom is 0.258 e. The zero-order chi connectivity index (χ0) is 49.9. The summed E-state index contributed by atoms with van der Waals surface area (Å²) in [5.74, 6) is -0.978. The smallest absolute Gasteiger partial charge is 0.258 e. The number of aromatic nitrogens is 1. The summed E-state index contributed by atoms with van der Waals surface area (Å²) in [6.45, 7) is 7.60. The Labute approximate surface area is 416 Å². The average molecular weight is 951 g/mol. The Morgan fingerprint density at radius 2 is 1.24 bits per heavy atom. The van der Waals surface area contributed by atoms with Crippen molar-refractivity contribution in [1.82, 2.24) is 14.8 Å². The third kappa shape index (κ3) is 18.2. The van der Waals surface area contributed by atoms with E-state index < -0.39 is 12.2 Å². The van der Waals surface area contributed by atoms with E-state index in [2.05, 4.69) is 90.5 Å². The lowest BCUT2D eigenvalue weighted by Gasteiger charge is -2.32. The predicted octanol–water partition coefficient (Wildman–Crippen LogP) is 12.8. The number of likely N-dealkylation sites (tertiary alicyclic amines) is 1. The van der Waals surface area contributed by atoms with Gasteiger partial charge in [-0.1, -0.05) is 142 Å². The lowest BCUT2D eigenvalue weighted by Crippen LogP contribution is -2.47. The molecule has 9 nitrogen and oxygen atoms in total. The Hall–Kier alpha value is -6.36. The SMILES string of the molecule is CC/C=C\C/C=C\C/C=C\C/C=C\C/C=C\C/C=C\CCC(=O)N1CCC(NC(=O)C[C@H](O)C[C@H](O)CCn2c(-c3ccc(F)cc3)c(-c3ccccc3)c(C(=O)Nc3ccccc3)c2C(C)C)CC1. The van der Waals surface area contributed by atoms with Gasteiger partial charge in [-0.2, -0.15) is 0 Å². The lowest BCUT2D eigenvalue weighted by atomic mass is 9.94. The van der Waals surface area contributed by atoms with Gasteiger partial charge in [0.15, 0.2) is 0 Å². The summed E-state index contributed by atoms with van der Waals surface area (Å²) < 4.78 is 16.4. The second kappa shape index (κ2) is 30.3. The number of hydrogen-bond donors (Lipinski definition) is 4. The maximum absolute atomic E-state index is 14.4. The van der Waals surface area contributed by atoms with Crippen LogP contribution in [0.3, 0.4) is 0 Å². The van der Waals surface area contributed by atoms with E-state index in [0.717, 1.165) is 55.5 Å². The molecule has 0 aliphatic carbocycles. The highest BCUT2D eigenvalue weighted by atomic mass is 19.1.